The van der Waals surface area contributed by atoms with Crippen molar-refractivity contribution in [2.24, 2.45) is 7.05 Å². The van der Waals surface area contributed by atoms with Crippen molar-refractivity contribution < 1.29 is 4.79 Å². The number of aryl methyl sites for hydroxylation is 1. The number of halogens is 1. The molecule has 0 spiro atoms. The molecule has 0 aliphatic heterocycles. The smallest absolute Gasteiger partial charge is 0.251 e. The molecule has 3 rings (SSSR count). The number of rotatable bonds is 5. The number of carbonyl (C=O) groups is 1. The number of carbonyl (C=O) groups excluding carboxylic acids is 1. The normalized spacial score (nSPS) is 11.0. The average Bonchev–Trinajstić information content (AvgIpc) is 3.05. The molecule has 0 saturated heterocycles. The summed E-state index contributed by atoms with van der Waals surface area (Å²) in [6.07, 6.45) is 8.54. The zero-order chi connectivity index (χ0) is 17.6. The topological polar surface area (TPSA) is 51.0 Å². The fourth-order valence-electron chi connectivity index (χ4n) is 2.35. The van der Waals surface area contributed by atoms with E-state index in [4.69, 9.17) is 11.6 Å². The number of hydrogen-bond acceptors (Lipinski definition) is 3. The molecule has 1 aromatic carbocycles. The van der Waals surface area contributed by atoms with Crippen LogP contribution in [0.15, 0.2) is 67.1 Å². The Labute approximate surface area is 151 Å². The van der Waals surface area contributed by atoms with Crippen LogP contribution in [-0.2, 0) is 18.4 Å². The molecule has 2 heterocycles. The molecule has 0 aliphatic rings. The van der Waals surface area contributed by atoms with Crippen LogP contribution in [0.3, 0.4) is 0 Å². The zero-order valence-corrected chi connectivity index (χ0v) is 14.5. The molecule has 0 bridgehead atoms. The van der Waals surface area contributed by atoms with E-state index in [1.807, 2.05) is 43.6 Å². The van der Waals surface area contributed by atoms with Gasteiger partial charge in [0.2, 0.25) is 0 Å². The third-order valence-electron chi connectivity index (χ3n) is 3.59. The van der Waals surface area contributed by atoms with Crippen LogP contribution in [0.5, 0.6) is 0 Å². The van der Waals surface area contributed by atoms with Crippen molar-refractivity contribution in [2.75, 3.05) is 4.90 Å². The molecule has 0 aliphatic carbocycles. The average molecular weight is 353 g/mol. The highest BCUT2D eigenvalue weighted by atomic mass is 35.5. The molecule has 126 valence electrons. The van der Waals surface area contributed by atoms with Crippen molar-refractivity contribution in [3.05, 3.63) is 83.4 Å². The predicted octanol–water partition coefficient (Wildman–Crippen LogP) is 3.72. The first-order chi connectivity index (χ1) is 12.1. The van der Waals surface area contributed by atoms with E-state index in [9.17, 15) is 4.79 Å². The van der Waals surface area contributed by atoms with Crippen LogP contribution in [0.4, 0.5) is 5.69 Å². The Bertz CT molecular complexity index is 872. The first kappa shape index (κ1) is 16.9. The monoisotopic (exact) mass is 352 g/mol. The number of anilines is 1. The third kappa shape index (κ3) is 4.55. The van der Waals surface area contributed by atoms with Gasteiger partial charge in [-0.05, 0) is 42.5 Å². The van der Waals surface area contributed by atoms with Gasteiger partial charge in [-0.25, -0.2) is 0 Å². The number of hydrogen-bond donors (Lipinski definition) is 0. The second-order valence-electron chi connectivity index (χ2n) is 5.50. The van der Waals surface area contributed by atoms with E-state index in [0.717, 1.165) is 16.9 Å². The Hall–Kier alpha value is -2.92. The lowest BCUT2D eigenvalue weighted by molar-refractivity contribution is -0.114. The maximum atomic E-state index is 12.8. The van der Waals surface area contributed by atoms with Gasteiger partial charge in [-0.2, -0.15) is 5.10 Å². The molecule has 0 N–H and O–H groups in total. The van der Waals surface area contributed by atoms with E-state index in [1.54, 1.807) is 40.2 Å². The molecule has 1 amide bonds. The first-order valence-electron chi connectivity index (χ1n) is 7.75. The van der Waals surface area contributed by atoms with Gasteiger partial charge in [-0.15, -0.1) is 0 Å². The van der Waals surface area contributed by atoms with E-state index < -0.39 is 0 Å². The number of pyridine rings is 1. The highest BCUT2D eigenvalue weighted by molar-refractivity contribution is 6.30. The largest absolute Gasteiger partial charge is 0.303 e. The van der Waals surface area contributed by atoms with E-state index in [0.29, 0.717) is 11.6 Å². The lowest BCUT2D eigenvalue weighted by Gasteiger charge is -2.21. The number of nitrogens with zero attached hydrogens (tertiary/aromatic N) is 4. The molecule has 0 radical (unpaired) electrons. The summed E-state index contributed by atoms with van der Waals surface area (Å²) >= 11 is 5.96. The summed E-state index contributed by atoms with van der Waals surface area (Å²) in [6, 6.07) is 12.8. The van der Waals surface area contributed by atoms with Gasteiger partial charge in [0.05, 0.1) is 18.4 Å². The van der Waals surface area contributed by atoms with Crippen molar-refractivity contribution in [1.82, 2.24) is 14.8 Å². The van der Waals surface area contributed by atoms with Crippen molar-refractivity contribution in [3.63, 3.8) is 0 Å². The fourth-order valence-corrected chi connectivity index (χ4v) is 2.48. The number of benzene rings is 1. The van der Waals surface area contributed by atoms with Gasteiger partial charge >= 0.3 is 0 Å². The second-order valence-corrected chi connectivity index (χ2v) is 5.94. The highest BCUT2D eigenvalue weighted by Crippen LogP contribution is 2.20. The van der Waals surface area contributed by atoms with Gasteiger partial charge < -0.3 is 4.90 Å². The van der Waals surface area contributed by atoms with Gasteiger partial charge in [0, 0.05) is 41.8 Å². The number of amides is 1. The quantitative estimate of drug-likeness (QED) is 0.658. The summed E-state index contributed by atoms with van der Waals surface area (Å²) in [7, 11) is 1.83. The Morgan fingerprint density at radius 2 is 2.04 bits per heavy atom. The van der Waals surface area contributed by atoms with Crippen LogP contribution < -0.4 is 4.90 Å². The highest BCUT2D eigenvalue weighted by Gasteiger charge is 2.14. The van der Waals surface area contributed by atoms with Crippen molar-refractivity contribution in [1.29, 1.82) is 0 Å². The van der Waals surface area contributed by atoms with Crippen LogP contribution in [-0.4, -0.2) is 20.7 Å². The molecule has 5 nitrogen and oxygen atoms in total. The van der Waals surface area contributed by atoms with Gasteiger partial charge in [-0.3, -0.25) is 14.5 Å². The molecule has 0 saturated carbocycles. The third-order valence-corrected chi connectivity index (χ3v) is 3.85. The van der Waals surface area contributed by atoms with Crippen LogP contribution >= 0.6 is 11.6 Å². The molecular formula is C19H17ClN4O. The maximum absolute atomic E-state index is 12.8. The molecule has 25 heavy (non-hydrogen) atoms. The SMILES string of the molecule is Cn1cc(/C=C/C(=O)N(Cc2ccccn2)c2ccc(Cl)cc2)cn1. The van der Waals surface area contributed by atoms with Crippen molar-refractivity contribution in [2.45, 2.75) is 6.54 Å². The summed E-state index contributed by atoms with van der Waals surface area (Å²) in [4.78, 5) is 18.7. The minimum Gasteiger partial charge on any atom is -0.303 e. The van der Waals surface area contributed by atoms with Gasteiger partial charge in [0.1, 0.15) is 0 Å². The van der Waals surface area contributed by atoms with Crippen LogP contribution in [0.25, 0.3) is 6.08 Å². The molecule has 2 aromatic heterocycles. The molecule has 6 heteroatoms. The zero-order valence-electron chi connectivity index (χ0n) is 13.7. The Kier molecular flexibility index (Phi) is 5.26. The minimum atomic E-state index is -0.142. The maximum Gasteiger partial charge on any atom is 0.251 e. The van der Waals surface area contributed by atoms with E-state index >= 15 is 0 Å². The van der Waals surface area contributed by atoms with E-state index in [1.165, 1.54) is 6.08 Å². The number of aromatic nitrogens is 3. The Morgan fingerprint density at radius 3 is 2.68 bits per heavy atom. The summed E-state index contributed by atoms with van der Waals surface area (Å²) in [5.41, 5.74) is 2.43. The van der Waals surface area contributed by atoms with Gasteiger partial charge in [0.25, 0.3) is 5.91 Å². The van der Waals surface area contributed by atoms with Gasteiger partial charge in [-0.1, -0.05) is 17.7 Å². The second kappa shape index (κ2) is 7.77. The molecule has 0 unspecified atom stereocenters. The molecule has 3 aromatic rings. The van der Waals surface area contributed by atoms with Crippen LogP contribution in [0.2, 0.25) is 5.02 Å². The van der Waals surface area contributed by atoms with E-state index in [-0.39, 0.29) is 5.91 Å². The first-order valence-corrected chi connectivity index (χ1v) is 8.13. The van der Waals surface area contributed by atoms with Crippen LogP contribution in [0.1, 0.15) is 11.3 Å². The fraction of sp³-hybridized carbons (Fsp3) is 0.105. The van der Waals surface area contributed by atoms with Gasteiger partial charge in [0.15, 0.2) is 0 Å². The van der Waals surface area contributed by atoms with Crippen LogP contribution in [0, 0.1) is 0 Å². The van der Waals surface area contributed by atoms with Crippen molar-refractivity contribution in [3.8, 4) is 0 Å². The van der Waals surface area contributed by atoms with Crippen molar-refractivity contribution >= 4 is 29.3 Å². The predicted molar refractivity (Wildman–Crippen MR) is 99.1 cm³/mol. The summed E-state index contributed by atoms with van der Waals surface area (Å²) in [5.74, 6) is -0.142. The summed E-state index contributed by atoms with van der Waals surface area (Å²) < 4.78 is 1.69. The minimum absolute atomic E-state index is 0.142. The summed E-state index contributed by atoms with van der Waals surface area (Å²) in [5, 5.41) is 4.72. The lowest BCUT2D eigenvalue weighted by Crippen LogP contribution is -2.29. The Morgan fingerprint density at radius 1 is 1.24 bits per heavy atom. The van der Waals surface area contributed by atoms with E-state index in [2.05, 4.69) is 10.1 Å². The molecule has 0 atom stereocenters. The lowest BCUT2D eigenvalue weighted by atomic mass is 10.2. The molecule has 0 fully saturated rings. The molecular weight excluding hydrogens is 336 g/mol. The Balaban J connectivity index is 1.85. The standard InChI is InChI=1S/C19H17ClN4O/c1-23-13-15(12-22-23)5-10-19(25)24(14-17-4-2-3-11-21-17)18-8-6-16(20)7-9-18/h2-13H,14H2,1H3/b10-5+. The summed E-state index contributed by atoms with van der Waals surface area (Å²) in [6.45, 7) is 0.374.